The van der Waals surface area contributed by atoms with Gasteiger partial charge in [0.15, 0.2) is 0 Å². The predicted octanol–water partition coefficient (Wildman–Crippen LogP) is 3.32. The number of aryl methyl sites for hydroxylation is 1. The molecule has 0 heterocycles. The molecule has 0 aliphatic rings. The number of carbonyl (C=O) groups excluding carboxylic acids is 3. The van der Waals surface area contributed by atoms with E-state index in [0.717, 1.165) is 11.1 Å². The summed E-state index contributed by atoms with van der Waals surface area (Å²) in [5, 5.41) is 5.40. The molecule has 0 radical (unpaired) electrons. The minimum Gasteiger partial charge on any atom is -0.444 e. The van der Waals surface area contributed by atoms with Gasteiger partial charge in [0.05, 0.1) is 0 Å². The second-order valence-electron chi connectivity index (χ2n) is 8.67. The maximum Gasteiger partial charge on any atom is 0.408 e. The fraction of sp³-hybridized carbons (Fsp3) is 0.591. The molecule has 0 spiro atoms. The fourth-order valence-corrected chi connectivity index (χ4v) is 2.96. The van der Waals surface area contributed by atoms with Gasteiger partial charge in [0.1, 0.15) is 18.2 Å². The number of hydrogen-bond acceptors (Lipinski definition) is 4. The first kappa shape index (κ1) is 24.5. The Kier molecular flexibility index (Phi) is 8.67. The van der Waals surface area contributed by atoms with Gasteiger partial charge in [-0.2, -0.15) is 0 Å². The number of rotatable bonds is 7. The molecule has 1 aromatic rings. The minimum absolute atomic E-state index is 0.0713. The Morgan fingerprint density at radius 1 is 1.07 bits per heavy atom. The van der Waals surface area contributed by atoms with Crippen LogP contribution in [0.1, 0.15) is 65.6 Å². The fourth-order valence-electron chi connectivity index (χ4n) is 2.96. The lowest BCUT2D eigenvalue weighted by Crippen LogP contribution is -2.51. The van der Waals surface area contributed by atoms with E-state index in [1.807, 2.05) is 58.9 Å². The van der Waals surface area contributed by atoms with Crippen molar-refractivity contribution in [3.05, 3.63) is 35.4 Å². The highest BCUT2D eigenvalue weighted by Gasteiger charge is 2.34. The van der Waals surface area contributed by atoms with Gasteiger partial charge in [-0.25, -0.2) is 4.79 Å². The van der Waals surface area contributed by atoms with Crippen LogP contribution in [0.15, 0.2) is 24.3 Å². The summed E-state index contributed by atoms with van der Waals surface area (Å²) in [6, 6.07) is 6.37. The van der Waals surface area contributed by atoms with Crippen LogP contribution in [0.25, 0.3) is 0 Å². The van der Waals surface area contributed by atoms with Gasteiger partial charge < -0.3 is 20.3 Å². The summed E-state index contributed by atoms with van der Waals surface area (Å²) in [4.78, 5) is 39.6. The summed E-state index contributed by atoms with van der Waals surface area (Å²) in [6.07, 6.45) is -0.673. The van der Waals surface area contributed by atoms with Crippen molar-refractivity contribution in [2.24, 2.45) is 0 Å². The number of nitrogens with zero attached hydrogens (tertiary/aromatic N) is 1. The van der Waals surface area contributed by atoms with Crippen LogP contribution in [0.4, 0.5) is 4.79 Å². The zero-order valence-corrected chi connectivity index (χ0v) is 18.8. The Morgan fingerprint density at radius 2 is 1.66 bits per heavy atom. The molecule has 162 valence electrons. The molecule has 1 atom stereocenters. The first-order chi connectivity index (χ1) is 13.3. The summed E-state index contributed by atoms with van der Waals surface area (Å²) >= 11 is 0. The number of ether oxygens (including phenoxy) is 1. The van der Waals surface area contributed by atoms with E-state index in [9.17, 15) is 14.4 Å². The van der Waals surface area contributed by atoms with Crippen molar-refractivity contribution in [3.63, 3.8) is 0 Å². The third kappa shape index (κ3) is 7.75. The van der Waals surface area contributed by atoms with Crippen LogP contribution >= 0.6 is 0 Å². The monoisotopic (exact) mass is 405 g/mol. The smallest absolute Gasteiger partial charge is 0.408 e. The van der Waals surface area contributed by atoms with Crippen LogP contribution < -0.4 is 10.6 Å². The molecule has 0 aliphatic carbocycles. The molecule has 0 bridgehead atoms. The van der Waals surface area contributed by atoms with Crippen molar-refractivity contribution in [1.82, 2.24) is 15.5 Å². The van der Waals surface area contributed by atoms with Crippen molar-refractivity contribution in [2.45, 2.75) is 79.1 Å². The highest BCUT2D eigenvalue weighted by Crippen LogP contribution is 2.26. The van der Waals surface area contributed by atoms with Crippen LogP contribution in [-0.4, -0.2) is 47.0 Å². The third-order valence-corrected chi connectivity index (χ3v) is 4.07. The second-order valence-corrected chi connectivity index (χ2v) is 8.67. The summed E-state index contributed by atoms with van der Waals surface area (Å²) in [6.45, 7) is 14.3. The van der Waals surface area contributed by atoms with Crippen LogP contribution in [0.3, 0.4) is 0 Å². The van der Waals surface area contributed by atoms with E-state index in [1.165, 1.54) is 4.90 Å². The molecule has 0 aromatic heterocycles. The van der Waals surface area contributed by atoms with E-state index in [-0.39, 0.29) is 30.4 Å². The van der Waals surface area contributed by atoms with Crippen LogP contribution in [-0.2, 0) is 14.3 Å². The zero-order valence-electron chi connectivity index (χ0n) is 18.8. The van der Waals surface area contributed by atoms with Gasteiger partial charge in [-0.05, 0) is 66.5 Å². The first-order valence-electron chi connectivity index (χ1n) is 9.97. The van der Waals surface area contributed by atoms with E-state index in [4.69, 9.17) is 4.74 Å². The first-order valence-corrected chi connectivity index (χ1v) is 9.97. The van der Waals surface area contributed by atoms with E-state index >= 15 is 0 Å². The average Bonchev–Trinajstić information content (AvgIpc) is 2.55. The summed E-state index contributed by atoms with van der Waals surface area (Å²) in [5.41, 5.74) is 1.01. The highest BCUT2D eigenvalue weighted by atomic mass is 16.6. The number of alkyl carbamates (subject to hydrolysis) is 1. The molecular formula is C22H35N3O4. The maximum absolute atomic E-state index is 13.1. The Labute approximate surface area is 174 Å². The number of amides is 3. The molecule has 3 amide bonds. The SMILES string of the molecule is Cc1ccccc1C(C(=O)NC(C)C)N(C(=O)CNC(=O)OC(C)(C)C)C(C)C. The van der Waals surface area contributed by atoms with Gasteiger partial charge in [-0.3, -0.25) is 9.59 Å². The van der Waals surface area contributed by atoms with Crippen molar-refractivity contribution in [2.75, 3.05) is 6.54 Å². The van der Waals surface area contributed by atoms with Gasteiger partial charge in [0.25, 0.3) is 0 Å². The van der Waals surface area contributed by atoms with Gasteiger partial charge in [-0.1, -0.05) is 24.3 Å². The van der Waals surface area contributed by atoms with Crippen molar-refractivity contribution in [3.8, 4) is 0 Å². The molecule has 0 fully saturated rings. The Balaban J connectivity index is 3.16. The van der Waals surface area contributed by atoms with Crippen LogP contribution in [0, 0.1) is 6.92 Å². The quantitative estimate of drug-likeness (QED) is 0.728. The van der Waals surface area contributed by atoms with E-state index in [2.05, 4.69) is 10.6 Å². The van der Waals surface area contributed by atoms with Crippen molar-refractivity contribution < 1.29 is 19.1 Å². The largest absolute Gasteiger partial charge is 0.444 e. The molecule has 1 rings (SSSR count). The topological polar surface area (TPSA) is 87.7 Å². The van der Waals surface area contributed by atoms with Gasteiger partial charge in [0, 0.05) is 12.1 Å². The molecule has 1 aromatic carbocycles. The number of benzene rings is 1. The Bertz CT molecular complexity index is 723. The lowest BCUT2D eigenvalue weighted by Gasteiger charge is -2.35. The molecule has 7 heteroatoms. The Hall–Kier alpha value is -2.57. The lowest BCUT2D eigenvalue weighted by molar-refractivity contribution is -0.142. The molecule has 0 saturated heterocycles. The third-order valence-electron chi connectivity index (χ3n) is 4.07. The summed E-state index contributed by atoms with van der Waals surface area (Å²) in [5.74, 6) is -0.619. The normalized spacial score (nSPS) is 12.5. The lowest BCUT2D eigenvalue weighted by atomic mass is 9.97. The summed E-state index contributed by atoms with van der Waals surface area (Å²) < 4.78 is 5.19. The van der Waals surface area contributed by atoms with E-state index < -0.39 is 17.7 Å². The number of carbonyl (C=O) groups is 3. The summed E-state index contributed by atoms with van der Waals surface area (Å²) in [7, 11) is 0. The van der Waals surface area contributed by atoms with Gasteiger partial charge >= 0.3 is 6.09 Å². The van der Waals surface area contributed by atoms with Crippen molar-refractivity contribution >= 4 is 17.9 Å². The molecular weight excluding hydrogens is 370 g/mol. The molecule has 2 N–H and O–H groups in total. The van der Waals surface area contributed by atoms with E-state index in [1.54, 1.807) is 20.8 Å². The van der Waals surface area contributed by atoms with Gasteiger partial charge in [-0.15, -0.1) is 0 Å². The van der Waals surface area contributed by atoms with Crippen molar-refractivity contribution in [1.29, 1.82) is 0 Å². The predicted molar refractivity (Wildman–Crippen MR) is 113 cm³/mol. The maximum atomic E-state index is 13.1. The molecule has 0 aliphatic heterocycles. The standard InChI is InChI=1S/C22H35N3O4/c1-14(2)24-20(27)19(17-12-10-9-11-16(17)5)25(15(3)4)18(26)13-23-21(28)29-22(6,7)8/h9-12,14-15,19H,13H2,1-8H3,(H,23,28)(H,24,27). The minimum atomic E-state index is -0.800. The van der Waals surface area contributed by atoms with Crippen LogP contribution in [0.2, 0.25) is 0 Å². The van der Waals surface area contributed by atoms with Crippen LogP contribution in [0.5, 0.6) is 0 Å². The molecule has 0 saturated carbocycles. The average molecular weight is 406 g/mol. The molecule has 1 unspecified atom stereocenters. The van der Waals surface area contributed by atoms with E-state index in [0.29, 0.717) is 0 Å². The second kappa shape index (κ2) is 10.3. The number of hydrogen-bond donors (Lipinski definition) is 2. The zero-order chi connectivity index (χ0) is 22.4. The molecule has 29 heavy (non-hydrogen) atoms. The highest BCUT2D eigenvalue weighted by molar-refractivity contribution is 5.91. The number of nitrogens with one attached hydrogen (secondary N) is 2. The van der Waals surface area contributed by atoms with Gasteiger partial charge in [0.2, 0.25) is 11.8 Å². The molecule has 7 nitrogen and oxygen atoms in total. The Morgan fingerprint density at radius 3 is 2.14 bits per heavy atom.